The predicted octanol–water partition coefficient (Wildman–Crippen LogP) is 6.48. The van der Waals surface area contributed by atoms with Crippen molar-refractivity contribution in [2.75, 3.05) is 24.8 Å². The van der Waals surface area contributed by atoms with Gasteiger partial charge in [-0.1, -0.05) is 54.1 Å². The molecule has 0 unspecified atom stereocenters. The first kappa shape index (κ1) is 18.8. The van der Waals surface area contributed by atoms with Gasteiger partial charge in [0.15, 0.2) is 0 Å². The highest BCUT2D eigenvalue weighted by atomic mass is 35.5. The number of carbonyl (C=O) groups is 2. The van der Waals surface area contributed by atoms with Gasteiger partial charge in [0, 0.05) is 55.1 Å². The van der Waals surface area contributed by atoms with Crippen LogP contribution in [0.1, 0.15) is 43.1 Å². The van der Waals surface area contributed by atoms with Gasteiger partial charge >= 0.3 is 5.97 Å². The van der Waals surface area contributed by atoms with E-state index < -0.39 is 25.8 Å². The summed E-state index contributed by atoms with van der Waals surface area (Å²) in [7, 11) is 0. The first-order valence-corrected chi connectivity index (χ1v) is 12.9. The van der Waals surface area contributed by atoms with Crippen molar-refractivity contribution < 1.29 is 22.9 Å². The number of carbonyl (C=O) groups excluding carboxylic acids is 1. The standard InChI is InChI=1S/C26H27ClN2O3S2/c1-29(2)25(30)12-13-33-17-34-24(16-26(31)32)20-5-3-4-18(14-20)6-10-22-11-8-19-7-9-21(27)15-23(19)28-22/h3-11,14-15,24H,12-13,16-17H2,1-2H3,(H,31,32)/b10-6+/t24-/m1/s1/i1D3,2D3. The quantitative estimate of drug-likeness (QED) is 0.230. The maximum Gasteiger partial charge on any atom is 0.304 e. The lowest BCUT2D eigenvalue weighted by Gasteiger charge is -2.16. The lowest BCUT2D eigenvalue weighted by molar-refractivity contribution is -0.137. The molecule has 0 aliphatic carbocycles. The Labute approximate surface area is 222 Å². The fourth-order valence-electron chi connectivity index (χ4n) is 3.14. The van der Waals surface area contributed by atoms with Gasteiger partial charge in [-0.25, -0.2) is 4.98 Å². The number of rotatable bonds is 11. The van der Waals surface area contributed by atoms with Crippen molar-refractivity contribution in [1.82, 2.24) is 9.88 Å². The summed E-state index contributed by atoms with van der Waals surface area (Å²) in [5.41, 5.74) is 3.22. The van der Waals surface area contributed by atoms with Crippen molar-refractivity contribution in [3.8, 4) is 0 Å². The van der Waals surface area contributed by atoms with Crippen LogP contribution in [0.5, 0.6) is 0 Å². The van der Waals surface area contributed by atoms with Gasteiger partial charge in [0.05, 0.1) is 17.6 Å². The Morgan fingerprint density at radius 3 is 2.79 bits per heavy atom. The molecule has 0 fully saturated rings. The molecule has 0 radical (unpaired) electrons. The van der Waals surface area contributed by atoms with Crippen LogP contribution in [0.3, 0.4) is 0 Å². The third kappa shape index (κ3) is 8.08. The minimum Gasteiger partial charge on any atom is -0.481 e. The van der Waals surface area contributed by atoms with E-state index in [0.717, 1.165) is 27.7 Å². The van der Waals surface area contributed by atoms with Crippen molar-refractivity contribution in [3.05, 3.63) is 76.4 Å². The Balaban J connectivity index is 1.62. The van der Waals surface area contributed by atoms with E-state index in [1.54, 1.807) is 6.07 Å². The number of aromatic nitrogens is 1. The van der Waals surface area contributed by atoms with Crippen LogP contribution in [0.15, 0.2) is 54.6 Å². The molecule has 1 atom stereocenters. The minimum absolute atomic E-state index is 0.0392. The third-order valence-corrected chi connectivity index (χ3v) is 7.61. The van der Waals surface area contributed by atoms with Gasteiger partial charge in [0.25, 0.3) is 0 Å². The Morgan fingerprint density at radius 1 is 1.18 bits per heavy atom. The normalized spacial score (nSPS) is 15.6. The topological polar surface area (TPSA) is 70.5 Å². The summed E-state index contributed by atoms with van der Waals surface area (Å²) in [6.45, 7) is -6.13. The van der Waals surface area contributed by atoms with Crippen LogP contribution >= 0.6 is 35.1 Å². The van der Waals surface area contributed by atoms with Crippen LogP contribution in [0.4, 0.5) is 0 Å². The Morgan fingerprint density at radius 2 is 2.00 bits per heavy atom. The second-order valence-corrected chi connectivity index (χ2v) is 10.4. The smallest absolute Gasteiger partial charge is 0.304 e. The molecule has 1 amide bonds. The second-order valence-electron chi connectivity index (χ2n) is 7.34. The number of halogens is 1. The fourth-order valence-corrected chi connectivity index (χ4v) is 5.73. The van der Waals surface area contributed by atoms with E-state index in [0.29, 0.717) is 10.1 Å². The van der Waals surface area contributed by atoms with Gasteiger partial charge in [-0.05, 0) is 35.4 Å². The molecule has 1 heterocycles. The number of aliphatic carboxylic acids is 1. The molecule has 8 heteroatoms. The largest absolute Gasteiger partial charge is 0.481 e. The van der Waals surface area contributed by atoms with E-state index in [1.165, 1.54) is 23.5 Å². The number of carboxylic acid groups (broad SMARTS) is 1. The Bertz CT molecular complexity index is 1370. The number of benzene rings is 2. The van der Waals surface area contributed by atoms with Crippen molar-refractivity contribution in [3.63, 3.8) is 0 Å². The number of nitrogens with zero attached hydrogens (tertiary/aromatic N) is 2. The Kier molecular flexibility index (Phi) is 7.10. The molecule has 2 aromatic carbocycles. The average Bonchev–Trinajstić information content (AvgIpc) is 2.84. The van der Waals surface area contributed by atoms with Gasteiger partial charge in [0.1, 0.15) is 0 Å². The maximum absolute atomic E-state index is 12.3. The zero-order valence-corrected chi connectivity index (χ0v) is 20.5. The molecule has 1 aromatic heterocycles. The predicted molar refractivity (Wildman–Crippen MR) is 145 cm³/mol. The van der Waals surface area contributed by atoms with Crippen molar-refractivity contribution >= 4 is 70.1 Å². The van der Waals surface area contributed by atoms with E-state index in [9.17, 15) is 14.7 Å². The lowest BCUT2D eigenvalue weighted by Crippen LogP contribution is -2.21. The third-order valence-electron chi connectivity index (χ3n) is 4.83. The minimum atomic E-state index is -3.06. The summed E-state index contributed by atoms with van der Waals surface area (Å²) in [5, 5.41) is 11.1. The molecule has 5 nitrogen and oxygen atoms in total. The highest BCUT2D eigenvalue weighted by Gasteiger charge is 2.16. The van der Waals surface area contributed by atoms with Crippen LogP contribution in [0.25, 0.3) is 23.1 Å². The number of pyridine rings is 1. The fraction of sp³-hybridized carbons (Fsp3) is 0.269. The number of carboxylic acids is 1. The second kappa shape index (κ2) is 12.8. The first-order valence-electron chi connectivity index (χ1n) is 13.3. The molecule has 1 N–H and O–H groups in total. The zero-order valence-electron chi connectivity index (χ0n) is 24.1. The summed E-state index contributed by atoms with van der Waals surface area (Å²) in [6.07, 6.45) is 3.39. The van der Waals surface area contributed by atoms with E-state index in [4.69, 9.17) is 19.8 Å². The Hall–Kier alpha value is -2.48. The van der Waals surface area contributed by atoms with Gasteiger partial charge in [0.2, 0.25) is 5.91 Å². The van der Waals surface area contributed by atoms with Crippen LogP contribution < -0.4 is 0 Å². The van der Waals surface area contributed by atoms with Gasteiger partial charge < -0.3 is 10.0 Å². The average molecular weight is 521 g/mol. The number of thioether (sulfide) groups is 2. The molecule has 0 saturated carbocycles. The van der Waals surface area contributed by atoms with Crippen LogP contribution in [0, 0.1) is 0 Å². The molecule has 178 valence electrons. The van der Waals surface area contributed by atoms with Crippen molar-refractivity contribution in [2.45, 2.75) is 18.1 Å². The number of hydrogen-bond donors (Lipinski definition) is 1. The molecule has 0 bridgehead atoms. The van der Waals surface area contributed by atoms with E-state index >= 15 is 0 Å². The molecule has 0 spiro atoms. The SMILES string of the molecule is [2H]C([2H])([2H])N(C(=O)CCSCS[C@H](CC(=O)O)c1cccc(/C=C/c2ccc3ccc(Cl)cc3n2)c1)C([2H])([2H])[2H]. The van der Waals surface area contributed by atoms with E-state index in [-0.39, 0.29) is 28.7 Å². The molecule has 0 aliphatic rings. The van der Waals surface area contributed by atoms with Crippen LogP contribution in [-0.2, 0) is 9.59 Å². The highest BCUT2D eigenvalue weighted by Crippen LogP contribution is 2.35. The molecule has 34 heavy (non-hydrogen) atoms. The van der Waals surface area contributed by atoms with Crippen molar-refractivity contribution in [1.29, 1.82) is 0 Å². The lowest BCUT2D eigenvalue weighted by atomic mass is 10.1. The molecular formula is C26H27ClN2O3S2. The van der Waals surface area contributed by atoms with Crippen LogP contribution in [-0.4, -0.2) is 51.7 Å². The van der Waals surface area contributed by atoms with Crippen molar-refractivity contribution in [2.24, 2.45) is 0 Å². The maximum atomic E-state index is 12.3. The molecular weight excluding hydrogens is 488 g/mol. The highest BCUT2D eigenvalue weighted by molar-refractivity contribution is 8.16. The molecule has 3 aromatic rings. The van der Waals surface area contributed by atoms with E-state index in [2.05, 4.69) is 4.98 Å². The molecule has 0 aliphatic heterocycles. The summed E-state index contributed by atoms with van der Waals surface area (Å²) in [4.78, 5) is 28.4. The van der Waals surface area contributed by atoms with E-state index in [1.807, 2.05) is 60.7 Å². The molecule has 0 saturated heterocycles. The summed E-state index contributed by atoms with van der Waals surface area (Å²) in [6, 6.07) is 16.9. The number of hydrogen-bond acceptors (Lipinski definition) is 5. The zero-order chi connectivity index (χ0) is 29.5. The molecule has 3 rings (SSSR count). The summed E-state index contributed by atoms with van der Waals surface area (Å²) >= 11 is 8.77. The van der Waals surface area contributed by atoms with Gasteiger partial charge in [-0.3, -0.25) is 9.59 Å². The summed E-state index contributed by atoms with van der Waals surface area (Å²) < 4.78 is 44.1. The summed E-state index contributed by atoms with van der Waals surface area (Å²) in [5.74, 6) is -1.74. The number of amides is 1. The van der Waals surface area contributed by atoms with Gasteiger partial charge in [-0.15, -0.1) is 11.8 Å². The monoisotopic (exact) mass is 520 g/mol. The van der Waals surface area contributed by atoms with Crippen LogP contribution in [0.2, 0.25) is 5.02 Å². The van der Waals surface area contributed by atoms with Gasteiger partial charge in [-0.2, -0.15) is 11.8 Å². The number of fused-ring (bicyclic) bond motifs is 1. The first-order chi connectivity index (χ1) is 18.7.